The van der Waals surface area contributed by atoms with Crippen LogP contribution in [0.1, 0.15) is 56.8 Å². The summed E-state index contributed by atoms with van der Waals surface area (Å²) in [5.41, 5.74) is 0.431. The van der Waals surface area contributed by atoms with Gasteiger partial charge in [0.1, 0.15) is 5.82 Å². The molecule has 20 heavy (non-hydrogen) atoms. The van der Waals surface area contributed by atoms with Gasteiger partial charge in [0.25, 0.3) is 0 Å². The van der Waals surface area contributed by atoms with E-state index in [9.17, 15) is 13.2 Å². The molecule has 0 spiro atoms. The Hall–Kier alpha value is -1.52. The second-order valence-corrected chi connectivity index (χ2v) is 5.13. The number of aromatic nitrogens is 2. The predicted octanol–water partition coefficient (Wildman–Crippen LogP) is 5.27. The minimum Gasteiger partial charge on any atom is -0.342 e. The van der Waals surface area contributed by atoms with E-state index < -0.39 is 11.7 Å². The van der Waals surface area contributed by atoms with Gasteiger partial charge in [-0.3, -0.25) is 0 Å². The Balaban J connectivity index is 2.37. The first-order chi connectivity index (χ1) is 9.45. The van der Waals surface area contributed by atoms with Gasteiger partial charge in [-0.2, -0.15) is 13.2 Å². The van der Waals surface area contributed by atoms with Crippen LogP contribution in [0.5, 0.6) is 0 Å². The molecule has 2 rings (SSSR count). The van der Waals surface area contributed by atoms with Gasteiger partial charge in [-0.15, -0.1) is 0 Å². The molecule has 1 aromatic carbocycles. The highest BCUT2D eigenvalue weighted by atomic mass is 19.4. The summed E-state index contributed by atoms with van der Waals surface area (Å²) in [6.45, 7) is 4.21. The summed E-state index contributed by atoms with van der Waals surface area (Å²) in [7, 11) is 0. The van der Waals surface area contributed by atoms with E-state index in [1.807, 2.05) is 0 Å². The van der Waals surface area contributed by atoms with E-state index in [0.717, 1.165) is 43.6 Å². The number of benzene rings is 1. The van der Waals surface area contributed by atoms with Crippen molar-refractivity contribution in [1.29, 1.82) is 0 Å². The fraction of sp³-hybridized carbons (Fsp3) is 0.533. The zero-order valence-corrected chi connectivity index (χ0v) is 11.7. The molecule has 0 amide bonds. The maximum Gasteiger partial charge on any atom is 0.416 e. The van der Waals surface area contributed by atoms with E-state index in [0.29, 0.717) is 17.0 Å². The molecule has 110 valence electrons. The van der Waals surface area contributed by atoms with Crippen molar-refractivity contribution in [3.63, 3.8) is 0 Å². The topological polar surface area (TPSA) is 28.7 Å². The first-order valence-corrected chi connectivity index (χ1v) is 7.02. The summed E-state index contributed by atoms with van der Waals surface area (Å²) >= 11 is 0. The van der Waals surface area contributed by atoms with Crippen LogP contribution < -0.4 is 0 Å². The molecule has 0 radical (unpaired) electrons. The van der Waals surface area contributed by atoms with Gasteiger partial charge in [0.2, 0.25) is 0 Å². The van der Waals surface area contributed by atoms with Crippen LogP contribution in [-0.2, 0) is 6.18 Å². The lowest BCUT2D eigenvalue weighted by Crippen LogP contribution is -2.04. The second-order valence-electron chi connectivity index (χ2n) is 5.13. The van der Waals surface area contributed by atoms with Crippen LogP contribution in [-0.4, -0.2) is 9.97 Å². The number of nitrogens with one attached hydrogen (secondary N) is 1. The molecule has 0 fully saturated rings. The van der Waals surface area contributed by atoms with Crippen LogP contribution in [0.25, 0.3) is 11.0 Å². The molecular formula is C15H19F3N2. The number of halogens is 3. The first-order valence-electron chi connectivity index (χ1n) is 7.02. The summed E-state index contributed by atoms with van der Waals surface area (Å²) in [6.07, 6.45) is -0.240. The molecule has 0 atom stereocenters. The lowest BCUT2D eigenvalue weighted by molar-refractivity contribution is -0.137. The average molecular weight is 284 g/mol. The summed E-state index contributed by atoms with van der Waals surface area (Å²) in [6, 6.07) is 3.66. The van der Waals surface area contributed by atoms with Gasteiger partial charge in [0.05, 0.1) is 16.6 Å². The minimum atomic E-state index is -4.31. The van der Waals surface area contributed by atoms with Crippen LogP contribution in [0.2, 0.25) is 0 Å². The van der Waals surface area contributed by atoms with Gasteiger partial charge in [0.15, 0.2) is 0 Å². The van der Waals surface area contributed by atoms with Gasteiger partial charge < -0.3 is 4.98 Å². The maximum atomic E-state index is 12.7. The van der Waals surface area contributed by atoms with Crippen molar-refractivity contribution >= 4 is 11.0 Å². The van der Waals surface area contributed by atoms with Crippen molar-refractivity contribution < 1.29 is 13.2 Å². The van der Waals surface area contributed by atoms with Gasteiger partial charge in [-0.1, -0.05) is 26.7 Å². The zero-order chi connectivity index (χ0) is 14.8. The molecule has 0 saturated carbocycles. The largest absolute Gasteiger partial charge is 0.416 e. The minimum absolute atomic E-state index is 0.298. The quantitative estimate of drug-likeness (QED) is 0.796. The Morgan fingerprint density at radius 3 is 2.35 bits per heavy atom. The van der Waals surface area contributed by atoms with Gasteiger partial charge in [-0.25, -0.2) is 4.98 Å². The SMILES string of the molecule is CCCC(CCC)c1nc2ccc(C(F)(F)F)cc2[nH]1. The van der Waals surface area contributed by atoms with Crippen molar-refractivity contribution in [2.75, 3.05) is 0 Å². The molecule has 0 unspecified atom stereocenters. The number of H-pyrrole nitrogens is 1. The van der Waals surface area contributed by atoms with Crippen LogP contribution in [0.15, 0.2) is 18.2 Å². The summed E-state index contributed by atoms with van der Waals surface area (Å²) in [4.78, 5) is 7.52. The molecule has 0 aliphatic carbocycles. The van der Waals surface area contributed by atoms with E-state index in [-0.39, 0.29) is 0 Å². The molecule has 0 aliphatic heterocycles. The molecule has 0 bridgehead atoms. The Morgan fingerprint density at radius 2 is 1.80 bits per heavy atom. The molecule has 1 heterocycles. The van der Waals surface area contributed by atoms with Gasteiger partial charge in [-0.05, 0) is 31.0 Å². The molecule has 0 aliphatic rings. The van der Waals surface area contributed by atoms with Crippen molar-refractivity contribution in [1.82, 2.24) is 9.97 Å². The standard InChI is InChI=1S/C15H19F3N2/c1-3-5-10(6-4-2)14-19-12-8-7-11(15(16,17)18)9-13(12)20-14/h7-10H,3-6H2,1-2H3,(H,19,20). The predicted molar refractivity (Wildman–Crippen MR) is 73.7 cm³/mol. The number of imidazole rings is 1. The van der Waals surface area contributed by atoms with Crippen molar-refractivity contribution in [2.45, 2.75) is 51.6 Å². The third-order valence-electron chi connectivity index (χ3n) is 3.49. The number of fused-ring (bicyclic) bond motifs is 1. The van der Waals surface area contributed by atoms with Crippen molar-refractivity contribution in [3.8, 4) is 0 Å². The van der Waals surface area contributed by atoms with E-state index >= 15 is 0 Å². The lowest BCUT2D eigenvalue weighted by atomic mass is 9.98. The normalized spacial score (nSPS) is 12.5. The summed E-state index contributed by atoms with van der Waals surface area (Å²) < 4.78 is 38.1. The van der Waals surface area contributed by atoms with E-state index in [4.69, 9.17) is 0 Å². The number of nitrogens with zero attached hydrogens (tertiary/aromatic N) is 1. The van der Waals surface area contributed by atoms with Crippen molar-refractivity contribution in [2.24, 2.45) is 0 Å². The van der Waals surface area contributed by atoms with Crippen LogP contribution in [0, 0.1) is 0 Å². The number of hydrogen-bond donors (Lipinski definition) is 1. The van der Waals surface area contributed by atoms with E-state index in [1.54, 1.807) is 0 Å². The monoisotopic (exact) mass is 284 g/mol. The Labute approximate surface area is 116 Å². The highest BCUT2D eigenvalue weighted by molar-refractivity contribution is 5.76. The number of hydrogen-bond acceptors (Lipinski definition) is 1. The summed E-state index contributed by atoms with van der Waals surface area (Å²) in [5.74, 6) is 1.11. The van der Waals surface area contributed by atoms with E-state index in [2.05, 4.69) is 23.8 Å². The fourth-order valence-electron chi connectivity index (χ4n) is 2.51. The molecule has 0 saturated heterocycles. The lowest BCUT2D eigenvalue weighted by Gasteiger charge is -2.11. The fourth-order valence-corrected chi connectivity index (χ4v) is 2.51. The number of aromatic amines is 1. The van der Waals surface area contributed by atoms with Crippen LogP contribution in [0.4, 0.5) is 13.2 Å². The molecule has 2 nitrogen and oxygen atoms in total. The smallest absolute Gasteiger partial charge is 0.342 e. The van der Waals surface area contributed by atoms with E-state index in [1.165, 1.54) is 6.07 Å². The van der Waals surface area contributed by atoms with Crippen LogP contribution in [0.3, 0.4) is 0 Å². The number of alkyl halides is 3. The summed E-state index contributed by atoms with van der Waals surface area (Å²) in [5, 5.41) is 0. The molecule has 1 aromatic heterocycles. The molecule has 1 N–H and O–H groups in total. The number of rotatable bonds is 5. The zero-order valence-electron chi connectivity index (χ0n) is 11.7. The second kappa shape index (κ2) is 5.85. The van der Waals surface area contributed by atoms with Crippen LogP contribution >= 0.6 is 0 Å². The third kappa shape index (κ3) is 3.14. The first kappa shape index (κ1) is 14.9. The van der Waals surface area contributed by atoms with Gasteiger partial charge >= 0.3 is 6.18 Å². The van der Waals surface area contributed by atoms with Gasteiger partial charge in [0, 0.05) is 5.92 Å². The Morgan fingerprint density at radius 1 is 1.15 bits per heavy atom. The Kier molecular flexibility index (Phi) is 4.35. The molecule has 2 aromatic rings. The maximum absolute atomic E-state index is 12.7. The highest BCUT2D eigenvalue weighted by Crippen LogP contribution is 2.32. The average Bonchev–Trinajstić information content (AvgIpc) is 2.80. The molecule has 5 heteroatoms. The third-order valence-corrected chi connectivity index (χ3v) is 3.49. The molecular weight excluding hydrogens is 265 g/mol. The Bertz CT molecular complexity index is 566. The van der Waals surface area contributed by atoms with Crippen molar-refractivity contribution in [3.05, 3.63) is 29.6 Å². The highest BCUT2D eigenvalue weighted by Gasteiger charge is 2.30.